The Morgan fingerprint density at radius 2 is 2.36 bits per heavy atom. The molecule has 2 fully saturated rings. The minimum absolute atomic E-state index is 0.222. The summed E-state index contributed by atoms with van der Waals surface area (Å²) in [6, 6.07) is 0. The normalized spacial score (nSPS) is 33.2. The molecule has 82 valence electrons. The van der Waals surface area contributed by atoms with Crippen LogP contribution in [0.15, 0.2) is 0 Å². The van der Waals surface area contributed by atoms with Crippen LogP contribution in [0.25, 0.3) is 0 Å². The van der Waals surface area contributed by atoms with E-state index in [-0.39, 0.29) is 6.61 Å². The van der Waals surface area contributed by atoms with E-state index >= 15 is 0 Å². The molecule has 14 heavy (non-hydrogen) atoms. The van der Waals surface area contributed by atoms with E-state index in [1.807, 2.05) is 0 Å². The molecule has 0 N–H and O–H groups in total. The van der Waals surface area contributed by atoms with Crippen molar-refractivity contribution in [3.05, 3.63) is 0 Å². The fourth-order valence-electron chi connectivity index (χ4n) is 2.53. The van der Waals surface area contributed by atoms with Crippen LogP contribution in [0.4, 0.5) is 4.53 Å². The molecule has 2 heterocycles. The summed E-state index contributed by atoms with van der Waals surface area (Å²) in [5.74, 6) is 0. The molecule has 1 unspecified atom stereocenters. The third-order valence-corrected chi connectivity index (χ3v) is 3.40. The first kappa shape index (κ1) is 10.3. The lowest BCUT2D eigenvalue weighted by molar-refractivity contribution is -0.133. The smallest absolute Gasteiger partial charge is 0.0888 e. The minimum atomic E-state index is 0.222. The van der Waals surface area contributed by atoms with Crippen LogP contribution in [-0.2, 0) is 9.68 Å². The fourth-order valence-corrected chi connectivity index (χ4v) is 2.53. The van der Waals surface area contributed by atoms with E-state index in [0.717, 1.165) is 39.3 Å². The Balaban J connectivity index is 1.71. The number of nitrogens with zero attached hydrogens (tertiary/aromatic N) is 1. The average Bonchev–Trinajstić information content (AvgIpc) is 2.79. The molecule has 0 aliphatic carbocycles. The minimum Gasteiger partial charge on any atom is -0.381 e. The van der Waals surface area contributed by atoms with Crippen molar-refractivity contribution in [2.75, 3.05) is 39.5 Å². The van der Waals surface area contributed by atoms with Crippen LogP contribution in [0.1, 0.15) is 19.3 Å². The summed E-state index contributed by atoms with van der Waals surface area (Å²) in [5.41, 5.74) is 0.427. The third-order valence-electron chi connectivity index (χ3n) is 3.40. The van der Waals surface area contributed by atoms with Gasteiger partial charge in [-0.05, 0) is 30.3 Å². The fraction of sp³-hybridized carbons (Fsp3) is 1.00. The number of halogens is 1. The second-order valence-electron chi connectivity index (χ2n) is 4.50. The molecule has 0 aromatic carbocycles. The van der Waals surface area contributed by atoms with E-state index < -0.39 is 0 Å². The molecule has 2 aliphatic heterocycles. The highest BCUT2D eigenvalue weighted by Crippen LogP contribution is 2.37. The van der Waals surface area contributed by atoms with Gasteiger partial charge in [-0.25, -0.2) is 0 Å². The molecule has 0 amide bonds. The van der Waals surface area contributed by atoms with E-state index in [4.69, 9.17) is 4.74 Å². The van der Waals surface area contributed by atoms with Crippen LogP contribution in [0, 0.1) is 5.41 Å². The van der Waals surface area contributed by atoms with E-state index in [0.29, 0.717) is 5.41 Å². The van der Waals surface area contributed by atoms with Gasteiger partial charge in [-0.3, -0.25) is 0 Å². The van der Waals surface area contributed by atoms with Crippen LogP contribution in [0.5, 0.6) is 0 Å². The second kappa shape index (κ2) is 4.55. The van der Waals surface area contributed by atoms with Crippen molar-refractivity contribution < 1.29 is 14.2 Å². The zero-order valence-corrected chi connectivity index (χ0v) is 8.51. The van der Waals surface area contributed by atoms with Crippen molar-refractivity contribution in [3.8, 4) is 0 Å². The van der Waals surface area contributed by atoms with E-state index in [2.05, 4.69) is 9.84 Å². The average molecular weight is 203 g/mol. The van der Waals surface area contributed by atoms with Crippen molar-refractivity contribution >= 4 is 0 Å². The van der Waals surface area contributed by atoms with Gasteiger partial charge in [0.05, 0.1) is 13.2 Å². The number of hydrogen-bond donors (Lipinski definition) is 0. The Kier molecular flexibility index (Phi) is 3.36. The lowest BCUT2D eigenvalue weighted by Gasteiger charge is -2.21. The molecule has 2 aliphatic rings. The lowest BCUT2D eigenvalue weighted by Crippen LogP contribution is -2.28. The van der Waals surface area contributed by atoms with Gasteiger partial charge in [-0.15, -0.1) is 0 Å². The van der Waals surface area contributed by atoms with Crippen LogP contribution in [0.2, 0.25) is 0 Å². The summed E-state index contributed by atoms with van der Waals surface area (Å²) < 4.78 is 16.9. The summed E-state index contributed by atoms with van der Waals surface area (Å²) in [7, 11) is 0. The Hall–Kier alpha value is -0.190. The number of rotatable bonds is 4. The van der Waals surface area contributed by atoms with Crippen molar-refractivity contribution in [1.29, 1.82) is 0 Å². The Labute approximate surface area is 84.1 Å². The molecule has 2 saturated heterocycles. The molecule has 0 radical (unpaired) electrons. The molecule has 3 nitrogen and oxygen atoms in total. The molecule has 0 bridgehead atoms. The second-order valence-corrected chi connectivity index (χ2v) is 4.50. The van der Waals surface area contributed by atoms with Crippen LogP contribution in [0.3, 0.4) is 0 Å². The maximum absolute atomic E-state index is 11.4. The van der Waals surface area contributed by atoms with Crippen LogP contribution in [-0.4, -0.2) is 44.4 Å². The molecule has 4 heteroatoms. The van der Waals surface area contributed by atoms with Gasteiger partial charge in [0, 0.05) is 25.1 Å². The van der Waals surface area contributed by atoms with Gasteiger partial charge in [-0.2, -0.15) is 4.94 Å². The number of likely N-dealkylation sites (tertiary alicyclic amines) is 1. The highest BCUT2D eigenvalue weighted by molar-refractivity contribution is 4.92. The topological polar surface area (TPSA) is 21.7 Å². The van der Waals surface area contributed by atoms with Crippen LogP contribution >= 0.6 is 0 Å². The van der Waals surface area contributed by atoms with Crippen molar-refractivity contribution in [3.63, 3.8) is 0 Å². The first-order valence-electron chi connectivity index (χ1n) is 5.38. The van der Waals surface area contributed by atoms with E-state index in [9.17, 15) is 4.53 Å². The number of hydrogen-bond acceptors (Lipinski definition) is 3. The highest BCUT2D eigenvalue weighted by atomic mass is 19.3. The Bertz CT molecular complexity index is 183. The highest BCUT2D eigenvalue weighted by Gasteiger charge is 2.40. The SMILES string of the molecule is FOCCCN1CCC2(CCOC2)C1. The van der Waals surface area contributed by atoms with Gasteiger partial charge in [0.25, 0.3) is 0 Å². The van der Waals surface area contributed by atoms with Gasteiger partial charge in [0.2, 0.25) is 0 Å². The molecule has 0 aromatic heterocycles. The van der Waals surface area contributed by atoms with E-state index in [1.165, 1.54) is 12.8 Å². The van der Waals surface area contributed by atoms with Gasteiger partial charge in [0.15, 0.2) is 0 Å². The quantitative estimate of drug-likeness (QED) is 0.644. The van der Waals surface area contributed by atoms with Crippen molar-refractivity contribution in [2.45, 2.75) is 19.3 Å². The number of ether oxygens (including phenoxy) is 1. The Morgan fingerprint density at radius 3 is 3.07 bits per heavy atom. The molecule has 1 atom stereocenters. The van der Waals surface area contributed by atoms with E-state index in [1.54, 1.807) is 0 Å². The largest absolute Gasteiger partial charge is 0.381 e. The van der Waals surface area contributed by atoms with Gasteiger partial charge in [0.1, 0.15) is 0 Å². The summed E-state index contributed by atoms with van der Waals surface area (Å²) in [6.07, 6.45) is 3.22. The maximum Gasteiger partial charge on any atom is 0.0888 e. The molecule has 0 aromatic rings. The molecule has 2 rings (SSSR count). The molecular weight excluding hydrogens is 185 g/mol. The van der Waals surface area contributed by atoms with Crippen molar-refractivity contribution in [2.24, 2.45) is 5.41 Å². The van der Waals surface area contributed by atoms with Gasteiger partial charge >= 0.3 is 0 Å². The monoisotopic (exact) mass is 203 g/mol. The molecular formula is C10H18FNO2. The zero-order valence-electron chi connectivity index (χ0n) is 8.51. The van der Waals surface area contributed by atoms with Crippen LogP contribution < -0.4 is 0 Å². The lowest BCUT2D eigenvalue weighted by atomic mass is 9.87. The first-order chi connectivity index (χ1) is 6.85. The summed E-state index contributed by atoms with van der Waals surface area (Å²) in [4.78, 5) is 5.96. The summed E-state index contributed by atoms with van der Waals surface area (Å²) >= 11 is 0. The standard InChI is InChI=1S/C10H18FNO2/c11-14-6-1-4-12-5-2-10(8-12)3-7-13-9-10/h1-9H2. The van der Waals surface area contributed by atoms with Gasteiger partial charge in [-0.1, -0.05) is 0 Å². The molecule has 1 spiro atoms. The third kappa shape index (κ3) is 2.24. The zero-order chi connectivity index (χ0) is 9.86. The van der Waals surface area contributed by atoms with Gasteiger partial charge < -0.3 is 9.64 Å². The Morgan fingerprint density at radius 1 is 1.43 bits per heavy atom. The summed E-state index contributed by atoms with van der Waals surface area (Å²) in [5, 5.41) is 0. The van der Waals surface area contributed by atoms with Crippen molar-refractivity contribution in [1.82, 2.24) is 4.90 Å². The summed E-state index contributed by atoms with van der Waals surface area (Å²) in [6.45, 7) is 5.27. The molecule has 0 saturated carbocycles. The first-order valence-corrected chi connectivity index (χ1v) is 5.38. The predicted molar refractivity (Wildman–Crippen MR) is 50.6 cm³/mol. The predicted octanol–water partition coefficient (Wildman–Crippen LogP) is 1.39. The maximum atomic E-state index is 11.4.